The number of ether oxygens (including phenoxy) is 2. The number of hydrogen-bond donors (Lipinski definition) is 0. The van der Waals surface area contributed by atoms with E-state index in [1.165, 1.54) is 0 Å². The van der Waals surface area contributed by atoms with Crippen LogP contribution in [0.15, 0.2) is 97.1 Å². The summed E-state index contributed by atoms with van der Waals surface area (Å²) in [4.78, 5) is 30.2. The number of hydrogen-bond acceptors (Lipinski definition) is 4. The number of nitrogens with zero attached hydrogens (tertiary/aromatic N) is 2. The van der Waals surface area contributed by atoms with Crippen LogP contribution in [0.2, 0.25) is 0 Å². The van der Waals surface area contributed by atoms with Crippen LogP contribution in [-0.2, 0) is 0 Å². The number of methoxy groups -OCH3 is 2. The normalized spacial score (nSPS) is 10.5. The molecule has 0 atom stereocenters. The number of rotatable bonds is 9. The molecule has 0 unspecified atom stereocenters. The molecule has 0 fully saturated rings. The molecular weight excluding hydrogens is 610 g/mol. The van der Waals surface area contributed by atoms with Gasteiger partial charge in [0.1, 0.15) is 0 Å². The first-order valence-electron chi connectivity index (χ1n) is 11.8. The second-order valence-corrected chi connectivity index (χ2v) is 14.5. The Kier molecular flexibility index (Phi) is 9.27. The standard InChI is InChI=1S/C30H28N2O4Se2/c1-31(21-13-17-23(35-3)18-14-21)29(33)25-9-5-7-11-27(25)37-38-28-12-8-6-10-26(28)30(34)32(2)22-15-19-24(36-4)20-16-22/h5-20H,1-4H3. The van der Waals surface area contributed by atoms with Crippen molar-refractivity contribution in [2.24, 2.45) is 0 Å². The van der Waals surface area contributed by atoms with Crippen LogP contribution in [0, 0.1) is 0 Å². The average Bonchev–Trinajstić information content (AvgIpc) is 2.99. The van der Waals surface area contributed by atoms with Crippen LogP contribution in [0.1, 0.15) is 20.7 Å². The van der Waals surface area contributed by atoms with E-state index in [-0.39, 0.29) is 38.1 Å². The molecular formula is C30H28N2O4Se2. The van der Waals surface area contributed by atoms with Crippen LogP contribution < -0.4 is 28.2 Å². The summed E-state index contributed by atoms with van der Waals surface area (Å²) in [6, 6.07) is 30.4. The Morgan fingerprint density at radius 2 is 0.895 bits per heavy atom. The quantitative estimate of drug-likeness (QED) is 0.264. The predicted molar refractivity (Wildman–Crippen MR) is 155 cm³/mol. The first kappa shape index (κ1) is 27.5. The van der Waals surface area contributed by atoms with Crippen LogP contribution in [0.3, 0.4) is 0 Å². The summed E-state index contributed by atoms with van der Waals surface area (Å²) in [6.45, 7) is 0. The summed E-state index contributed by atoms with van der Waals surface area (Å²) in [5.41, 5.74) is 2.96. The monoisotopic (exact) mass is 640 g/mol. The summed E-state index contributed by atoms with van der Waals surface area (Å²) >= 11 is -0.00978. The molecule has 4 rings (SSSR count). The van der Waals surface area contributed by atoms with Gasteiger partial charge in [-0.15, -0.1) is 0 Å². The Hall–Kier alpha value is -3.54. The zero-order chi connectivity index (χ0) is 27.1. The van der Waals surface area contributed by atoms with Gasteiger partial charge in [0.2, 0.25) is 0 Å². The van der Waals surface area contributed by atoms with Gasteiger partial charge in [-0.3, -0.25) is 0 Å². The Bertz CT molecular complexity index is 1300. The number of anilines is 2. The van der Waals surface area contributed by atoms with Crippen LogP contribution in [-0.4, -0.2) is 66.4 Å². The summed E-state index contributed by atoms with van der Waals surface area (Å²) in [5, 5.41) is 0. The van der Waals surface area contributed by atoms with Crippen molar-refractivity contribution in [3.8, 4) is 11.5 Å². The van der Waals surface area contributed by atoms with Crippen molar-refractivity contribution in [3.05, 3.63) is 108 Å². The molecule has 8 heteroatoms. The molecule has 6 nitrogen and oxygen atoms in total. The first-order chi connectivity index (χ1) is 18.4. The SMILES string of the molecule is COc1ccc(N(C)C(=O)c2ccccc2[Se][Se]c2ccccc2C(=O)N(C)c2ccc(OC)cc2)cc1. The van der Waals surface area contributed by atoms with Gasteiger partial charge in [-0.05, 0) is 0 Å². The minimum atomic E-state index is -0.0629. The number of amides is 2. The third-order valence-corrected chi connectivity index (χ3v) is 13.2. The van der Waals surface area contributed by atoms with Gasteiger partial charge in [0.15, 0.2) is 0 Å². The van der Waals surface area contributed by atoms with Gasteiger partial charge in [0.05, 0.1) is 0 Å². The predicted octanol–water partition coefficient (Wildman–Crippen LogP) is 3.53. The van der Waals surface area contributed by atoms with E-state index in [0.717, 1.165) is 31.8 Å². The van der Waals surface area contributed by atoms with Crippen LogP contribution >= 0.6 is 0 Å². The second kappa shape index (κ2) is 12.8. The van der Waals surface area contributed by atoms with Gasteiger partial charge in [-0.2, -0.15) is 0 Å². The van der Waals surface area contributed by atoms with Crippen molar-refractivity contribution >= 4 is 58.4 Å². The molecule has 0 aliphatic carbocycles. The third-order valence-electron chi connectivity index (χ3n) is 5.98. The fourth-order valence-electron chi connectivity index (χ4n) is 3.73. The molecule has 0 aliphatic rings. The molecule has 0 heterocycles. The molecule has 0 saturated heterocycles. The summed E-state index contributed by atoms with van der Waals surface area (Å²) in [7, 11) is 6.80. The fraction of sp³-hybridized carbons (Fsp3) is 0.133. The number of carbonyl (C=O) groups excluding carboxylic acids is 2. The van der Waals surface area contributed by atoms with Gasteiger partial charge in [-0.1, -0.05) is 0 Å². The van der Waals surface area contributed by atoms with Gasteiger partial charge < -0.3 is 0 Å². The van der Waals surface area contributed by atoms with E-state index < -0.39 is 0 Å². The van der Waals surface area contributed by atoms with E-state index in [2.05, 4.69) is 0 Å². The molecule has 0 N–H and O–H groups in total. The van der Waals surface area contributed by atoms with Crippen molar-refractivity contribution in [3.63, 3.8) is 0 Å². The molecule has 38 heavy (non-hydrogen) atoms. The minimum absolute atomic E-state index is 0.00489. The zero-order valence-corrected chi connectivity index (χ0v) is 25.0. The molecule has 0 aromatic heterocycles. The van der Waals surface area contributed by atoms with E-state index in [9.17, 15) is 9.59 Å². The van der Waals surface area contributed by atoms with Gasteiger partial charge in [-0.25, -0.2) is 0 Å². The summed E-state index contributed by atoms with van der Waals surface area (Å²) in [6.07, 6.45) is 0. The van der Waals surface area contributed by atoms with Gasteiger partial charge >= 0.3 is 235 Å². The third kappa shape index (κ3) is 6.29. The van der Waals surface area contributed by atoms with Gasteiger partial charge in [0.25, 0.3) is 0 Å². The molecule has 4 aromatic carbocycles. The van der Waals surface area contributed by atoms with E-state index >= 15 is 0 Å². The Labute approximate surface area is 234 Å². The van der Waals surface area contributed by atoms with Crippen molar-refractivity contribution in [1.29, 1.82) is 0 Å². The molecule has 0 radical (unpaired) electrons. The van der Waals surface area contributed by atoms with E-state index in [0.29, 0.717) is 11.1 Å². The van der Waals surface area contributed by atoms with Gasteiger partial charge in [0, 0.05) is 0 Å². The molecule has 4 aromatic rings. The molecule has 0 saturated carbocycles. The molecule has 2 amide bonds. The fourth-order valence-corrected chi connectivity index (χ4v) is 10.8. The topological polar surface area (TPSA) is 59.1 Å². The first-order valence-corrected chi connectivity index (χ1v) is 17.8. The molecule has 194 valence electrons. The van der Waals surface area contributed by atoms with Crippen molar-refractivity contribution in [2.45, 2.75) is 0 Å². The Morgan fingerprint density at radius 1 is 0.553 bits per heavy atom. The maximum absolute atomic E-state index is 13.4. The van der Waals surface area contributed by atoms with Crippen molar-refractivity contribution in [2.75, 3.05) is 38.1 Å². The molecule has 0 bridgehead atoms. The Morgan fingerprint density at radius 3 is 1.24 bits per heavy atom. The van der Waals surface area contributed by atoms with E-state index in [1.54, 1.807) is 38.1 Å². The summed E-state index contributed by atoms with van der Waals surface area (Å²) < 4.78 is 12.5. The Balaban J connectivity index is 1.52. The van der Waals surface area contributed by atoms with Crippen molar-refractivity contribution < 1.29 is 19.1 Å². The average molecular weight is 638 g/mol. The number of benzene rings is 4. The second-order valence-electron chi connectivity index (χ2n) is 8.28. The van der Waals surface area contributed by atoms with Crippen molar-refractivity contribution in [1.82, 2.24) is 0 Å². The van der Waals surface area contributed by atoms with Crippen LogP contribution in [0.5, 0.6) is 11.5 Å². The molecule has 0 spiro atoms. The molecule has 0 aliphatic heterocycles. The van der Waals surface area contributed by atoms with E-state index in [4.69, 9.17) is 9.47 Å². The van der Waals surface area contributed by atoms with Crippen LogP contribution in [0.4, 0.5) is 11.4 Å². The zero-order valence-electron chi connectivity index (χ0n) is 21.6. The van der Waals surface area contributed by atoms with Crippen LogP contribution in [0.25, 0.3) is 0 Å². The number of carbonyl (C=O) groups is 2. The summed E-state index contributed by atoms with van der Waals surface area (Å²) in [5.74, 6) is 1.36. The van der Waals surface area contributed by atoms with E-state index in [1.807, 2.05) is 97.1 Å². The maximum atomic E-state index is 13.4.